The fourth-order valence-electron chi connectivity index (χ4n) is 3.02. The number of nitrogens with one attached hydrogen (secondary N) is 1. The van der Waals surface area contributed by atoms with Crippen molar-refractivity contribution in [1.82, 2.24) is 10.2 Å². The van der Waals surface area contributed by atoms with Crippen LogP contribution in [0.25, 0.3) is 0 Å². The molecule has 0 unspecified atom stereocenters. The second-order valence-corrected chi connectivity index (χ2v) is 5.98. The van der Waals surface area contributed by atoms with Crippen LogP contribution in [0.15, 0.2) is 24.3 Å². The number of carbonyl (C=O) groups excluding carboxylic acids is 2. The molecule has 0 radical (unpaired) electrons. The van der Waals surface area contributed by atoms with E-state index in [1.54, 1.807) is 4.90 Å². The minimum absolute atomic E-state index is 0.0225. The first-order valence-electron chi connectivity index (χ1n) is 8.01. The van der Waals surface area contributed by atoms with Gasteiger partial charge in [-0.05, 0) is 37.1 Å². The highest BCUT2D eigenvalue weighted by Gasteiger charge is 2.30. The van der Waals surface area contributed by atoms with Gasteiger partial charge in [-0.2, -0.15) is 13.2 Å². The minimum Gasteiger partial charge on any atom is -0.350 e. The van der Waals surface area contributed by atoms with Crippen molar-refractivity contribution >= 4 is 11.8 Å². The molecule has 1 N–H and O–H groups in total. The summed E-state index contributed by atoms with van der Waals surface area (Å²) in [5.41, 5.74) is -0.624. The average Bonchev–Trinajstić information content (AvgIpc) is 3.04. The molecule has 132 valence electrons. The molecule has 0 aliphatic heterocycles. The third-order valence-corrected chi connectivity index (χ3v) is 4.28. The summed E-state index contributed by atoms with van der Waals surface area (Å²) in [6.07, 6.45) is -0.254. The molecule has 0 saturated heterocycles. The van der Waals surface area contributed by atoms with Gasteiger partial charge in [-0.1, -0.05) is 12.8 Å². The zero-order valence-electron chi connectivity index (χ0n) is 13.5. The van der Waals surface area contributed by atoms with Crippen molar-refractivity contribution in [2.24, 2.45) is 0 Å². The van der Waals surface area contributed by atoms with E-state index < -0.39 is 17.6 Å². The summed E-state index contributed by atoms with van der Waals surface area (Å²) in [5, 5.41) is 2.65. The van der Waals surface area contributed by atoms with Crippen molar-refractivity contribution in [3.63, 3.8) is 0 Å². The van der Waals surface area contributed by atoms with Gasteiger partial charge in [-0.15, -0.1) is 0 Å². The number of amides is 2. The van der Waals surface area contributed by atoms with E-state index in [0.29, 0.717) is 6.54 Å². The number of rotatable bonds is 5. The van der Waals surface area contributed by atoms with Crippen LogP contribution in [0.3, 0.4) is 0 Å². The van der Waals surface area contributed by atoms with Crippen LogP contribution in [0.2, 0.25) is 0 Å². The van der Waals surface area contributed by atoms with Crippen molar-refractivity contribution in [2.75, 3.05) is 13.1 Å². The van der Waals surface area contributed by atoms with E-state index >= 15 is 0 Å². The Morgan fingerprint density at radius 1 is 1.17 bits per heavy atom. The molecule has 4 nitrogen and oxygen atoms in total. The SMILES string of the molecule is CC(=O)N(CCNC(=O)c1ccc(C(F)(F)F)cc1)C1CCCC1. The number of carbonyl (C=O) groups is 2. The van der Waals surface area contributed by atoms with Gasteiger partial charge in [0.25, 0.3) is 5.91 Å². The Hall–Kier alpha value is -2.05. The summed E-state index contributed by atoms with van der Waals surface area (Å²) in [6.45, 7) is 2.19. The fraction of sp³-hybridized carbons (Fsp3) is 0.529. The molecular formula is C17H21F3N2O2. The lowest BCUT2D eigenvalue weighted by Gasteiger charge is -2.27. The van der Waals surface area contributed by atoms with Gasteiger partial charge < -0.3 is 10.2 Å². The zero-order chi connectivity index (χ0) is 17.7. The summed E-state index contributed by atoms with van der Waals surface area (Å²) in [4.78, 5) is 25.5. The molecule has 0 spiro atoms. The Labute approximate surface area is 139 Å². The summed E-state index contributed by atoms with van der Waals surface area (Å²) >= 11 is 0. The summed E-state index contributed by atoms with van der Waals surface area (Å²) in [6, 6.07) is 4.30. The van der Waals surface area contributed by atoms with Gasteiger partial charge in [-0.25, -0.2) is 0 Å². The molecule has 2 rings (SSSR count). The first-order chi connectivity index (χ1) is 11.3. The van der Waals surface area contributed by atoms with Crippen molar-refractivity contribution in [3.05, 3.63) is 35.4 Å². The fourth-order valence-corrected chi connectivity index (χ4v) is 3.02. The number of halogens is 3. The molecule has 7 heteroatoms. The van der Waals surface area contributed by atoms with Crippen LogP contribution >= 0.6 is 0 Å². The van der Waals surface area contributed by atoms with E-state index in [1.165, 1.54) is 6.92 Å². The third-order valence-electron chi connectivity index (χ3n) is 4.28. The predicted octanol–water partition coefficient (Wildman–Crippen LogP) is 3.23. The second-order valence-electron chi connectivity index (χ2n) is 5.98. The maximum absolute atomic E-state index is 12.5. The quantitative estimate of drug-likeness (QED) is 0.893. The van der Waals surface area contributed by atoms with Gasteiger partial charge in [0.05, 0.1) is 5.56 Å². The minimum atomic E-state index is -4.42. The van der Waals surface area contributed by atoms with Gasteiger partial charge in [0.15, 0.2) is 0 Å². The Balaban J connectivity index is 1.87. The maximum atomic E-state index is 12.5. The Bertz CT molecular complexity index is 578. The van der Waals surface area contributed by atoms with E-state index in [1.807, 2.05) is 0 Å². The topological polar surface area (TPSA) is 49.4 Å². The molecule has 2 amide bonds. The number of hydrogen-bond donors (Lipinski definition) is 1. The molecule has 1 aliphatic rings. The molecular weight excluding hydrogens is 321 g/mol. The van der Waals surface area contributed by atoms with Gasteiger partial charge in [0.2, 0.25) is 5.91 Å². The average molecular weight is 342 g/mol. The lowest BCUT2D eigenvalue weighted by atomic mass is 10.1. The van der Waals surface area contributed by atoms with Gasteiger partial charge in [0, 0.05) is 31.6 Å². The van der Waals surface area contributed by atoms with Gasteiger partial charge >= 0.3 is 6.18 Å². The molecule has 1 fully saturated rings. The number of alkyl halides is 3. The van der Waals surface area contributed by atoms with E-state index in [-0.39, 0.29) is 24.1 Å². The van der Waals surface area contributed by atoms with Crippen LogP contribution < -0.4 is 5.32 Å². The Kier molecular flexibility index (Phi) is 5.85. The van der Waals surface area contributed by atoms with E-state index in [9.17, 15) is 22.8 Å². The van der Waals surface area contributed by atoms with Gasteiger partial charge in [0.1, 0.15) is 0 Å². The first-order valence-corrected chi connectivity index (χ1v) is 8.01. The van der Waals surface area contributed by atoms with Crippen LogP contribution in [0, 0.1) is 0 Å². The van der Waals surface area contributed by atoms with Gasteiger partial charge in [-0.3, -0.25) is 9.59 Å². The van der Waals surface area contributed by atoms with Crippen LogP contribution in [0.4, 0.5) is 13.2 Å². The standard InChI is InChI=1S/C17H21F3N2O2/c1-12(23)22(15-4-2-3-5-15)11-10-21-16(24)13-6-8-14(9-7-13)17(18,19)20/h6-9,15H,2-5,10-11H2,1H3,(H,21,24). The molecule has 1 aromatic carbocycles. The normalized spacial score (nSPS) is 15.3. The Morgan fingerprint density at radius 3 is 2.25 bits per heavy atom. The smallest absolute Gasteiger partial charge is 0.350 e. The van der Waals surface area contributed by atoms with E-state index in [0.717, 1.165) is 49.9 Å². The summed E-state index contributed by atoms with van der Waals surface area (Å²) in [5.74, 6) is -0.468. The monoisotopic (exact) mass is 342 g/mol. The molecule has 0 bridgehead atoms. The van der Waals surface area contributed by atoms with Crippen LogP contribution in [-0.2, 0) is 11.0 Å². The molecule has 0 atom stereocenters. The second kappa shape index (κ2) is 7.68. The van der Waals surface area contributed by atoms with E-state index in [2.05, 4.69) is 5.32 Å². The maximum Gasteiger partial charge on any atom is 0.416 e. The van der Waals surface area contributed by atoms with Crippen LogP contribution in [0.1, 0.15) is 48.5 Å². The number of hydrogen-bond acceptors (Lipinski definition) is 2. The molecule has 1 saturated carbocycles. The van der Waals surface area contributed by atoms with Crippen LogP contribution in [0.5, 0.6) is 0 Å². The predicted molar refractivity (Wildman–Crippen MR) is 83.4 cm³/mol. The molecule has 0 heterocycles. The summed E-state index contributed by atoms with van der Waals surface area (Å²) < 4.78 is 37.5. The summed E-state index contributed by atoms with van der Waals surface area (Å²) in [7, 11) is 0. The first kappa shape index (κ1) is 18.3. The third kappa shape index (κ3) is 4.72. The highest BCUT2D eigenvalue weighted by Crippen LogP contribution is 2.29. The highest BCUT2D eigenvalue weighted by atomic mass is 19.4. The van der Waals surface area contributed by atoms with Crippen molar-refractivity contribution in [2.45, 2.75) is 44.8 Å². The molecule has 24 heavy (non-hydrogen) atoms. The van der Waals surface area contributed by atoms with E-state index in [4.69, 9.17) is 0 Å². The largest absolute Gasteiger partial charge is 0.416 e. The Morgan fingerprint density at radius 2 is 1.75 bits per heavy atom. The van der Waals surface area contributed by atoms with Crippen molar-refractivity contribution in [3.8, 4) is 0 Å². The lowest BCUT2D eigenvalue weighted by Crippen LogP contribution is -2.42. The molecule has 0 aromatic heterocycles. The lowest BCUT2D eigenvalue weighted by molar-refractivity contribution is -0.137. The molecule has 1 aliphatic carbocycles. The van der Waals surface area contributed by atoms with Crippen molar-refractivity contribution < 1.29 is 22.8 Å². The highest BCUT2D eigenvalue weighted by molar-refractivity contribution is 5.94. The zero-order valence-corrected chi connectivity index (χ0v) is 13.5. The van der Waals surface area contributed by atoms with Crippen molar-refractivity contribution in [1.29, 1.82) is 0 Å². The number of nitrogens with zero attached hydrogens (tertiary/aromatic N) is 1. The molecule has 1 aromatic rings. The van der Waals surface area contributed by atoms with Crippen LogP contribution in [-0.4, -0.2) is 35.8 Å². The number of benzene rings is 1.